The SMILES string of the molecule is COc1ccc(Cc2cc(C=O)nn2-c2ccc(OC)cc2Cl)cc1. The van der Waals surface area contributed by atoms with Crippen molar-refractivity contribution in [2.45, 2.75) is 6.42 Å². The van der Waals surface area contributed by atoms with Gasteiger partial charge in [-0.25, -0.2) is 4.68 Å². The van der Waals surface area contributed by atoms with Crippen molar-refractivity contribution < 1.29 is 14.3 Å². The van der Waals surface area contributed by atoms with Crippen molar-refractivity contribution in [3.63, 3.8) is 0 Å². The van der Waals surface area contributed by atoms with Crippen molar-refractivity contribution in [3.8, 4) is 17.2 Å². The third-order valence-electron chi connectivity index (χ3n) is 3.85. The number of benzene rings is 2. The molecule has 0 radical (unpaired) electrons. The summed E-state index contributed by atoms with van der Waals surface area (Å²) in [6.07, 6.45) is 1.33. The van der Waals surface area contributed by atoms with Gasteiger partial charge in [-0.3, -0.25) is 4.79 Å². The first-order chi connectivity index (χ1) is 12.1. The van der Waals surface area contributed by atoms with E-state index >= 15 is 0 Å². The molecule has 128 valence electrons. The summed E-state index contributed by atoms with van der Waals surface area (Å²) in [6.45, 7) is 0. The Morgan fingerprint density at radius 3 is 2.32 bits per heavy atom. The van der Waals surface area contributed by atoms with E-state index in [0.717, 1.165) is 23.3 Å². The minimum Gasteiger partial charge on any atom is -0.497 e. The highest BCUT2D eigenvalue weighted by molar-refractivity contribution is 6.32. The number of halogens is 1. The van der Waals surface area contributed by atoms with Crippen molar-refractivity contribution in [2.75, 3.05) is 14.2 Å². The summed E-state index contributed by atoms with van der Waals surface area (Å²) in [4.78, 5) is 11.2. The van der Waals surface area contributed by atoms with Crippen LogP contribution < -0.4 is 9.47 Å². The maximum absolute atomic E-state index is 11.2. The van der Waals surface area contributed by atoms with E-state index in [1.165, 1.54) is 0 Å². The Hall–Kier alpha value is -2.79. The minimum absolute atomic E-state index is 0.357. The Balaban J connectivity index is 1.99. The lowest BCUT2D eigenvalue weighted by Gasteiger charge is -2.11. The fourth-order valence-electron chi connectivity index (χ4n) is 2.57. The molecule has 0 spiro atoms. The Morgan fingerprint density at radius 1 is 1.04 bits per heavy atom. The zero-order chi connectivity index (χ0) is 17.8. The van der Waals surface area contributed by atoms with Crippen LogP contribution in [-0.2, 0) is 6.42 Å². The third kappa shape index (κ3) is 3.67. The molecule has 1 heterocycles. The van der Waals surface area contributed by atoms with Crippen LogP contribution >= 0.6 is 11.6 Å². The second-order valence-electron chi connectivity index (χ2n) is 5.43. The van der Waals surface area contributed by atoms with Gasteiger partial charge in [-0.2, -0.15) is 5.10 Å². The molecular weight excluding hydrogens is 340 g/mol. The van der Waals surface area contributed by atoms with Crippen molar-refractivity contribution in [2.24, 2.45) is 0 Å². The number of carbonyl (C=O) groups is 1. The van der Waals surface area contributed by atoms with E-state index in [1.807, 2.05) is 30.3 Å². The average Bonchev–Trinajstić information content (AvgIpc) is 3.05. The molecule has 3 aromatic rings. The number of carbonyl (C=O) groups excluding carboxylic acids is 1. The van der Waals surface area contributed by atoms with Gasteiger partial charge in [-0.1, -0.05) is 23.7 Å². The number of methoxy groups -OCH3 is 2. The maximum Gasteiger partial charge on any atom is 0.170 e. The largest absolute Gasteiger partial charge is 0.497 e. The van der Waals surface area contributed by atoms with Crippen LogP contribution in [0, 0.1) is 0 Å². The van der Waals surface area contributed by atoms with Gasteiger partial charge < -0.3 is 9.47 Å². The number of rotatable bonds is 6. The molecule has 0 bridgehead atoms. The summed E-state index contributed by atoms with van der Waals surface area (Å²) >= 11 is 6.36. The van der Waals surface area contributed by atoms with Gasteiger partial charge in [0, 0.05) is 18.2 Å². The van der Waals surface area contributed by atoms with Gasteiger partial charge in [0.1, 0.15) is 17.2 Å². The molecule has 0 N–H and O–H groups in total. The number of hydrogen-bond donors (Lipinski definition) is 0. The monoisotopic (exact) mass is 356 g/mol. The molecule has 0 atom stereocenters. The molecule has 0 unspecified atom stereocenters. The van der Waals surface area contributed by atoms with E-state index in [1.54, 1.807) is 37.1 Å². The second kappa shape index (κ2) is 7.40. The molecular formula is C19H17ClN2O3. The quantitative estimate of drug-likeness (QED) is 0.628. The fraction of sp³-hybridized carbons (Fsp3) is 0.158. The van der Waals surface area contributed by atoms with Crippen LogP contribution in [0.3, 0.4) is 0 Å². The van der Waals surface area contributed by atoms with Gasteiger partial charge in [-0.05, 0) is 35.9 Å². The van der Waals surface area contributed by atoms with E-state index < -0.39 is 0 Å². The summed E-state index contributed by atoms with van der Waals surface area (Å²) in [7, 11) is 3.21. The van der Waals surface area contributed by atoms with Crippen molar-refractivity contribution in [1.82, 2.24) is 9.78 Å². The molecule has 25 heavy (non-hydrogen) atoms. The Morgan fingerprint density at radius 2 is 1.72 bits per heavy atom. The normalized spacial score (nSPS) is 10.5. The smallest absolute Gasteiger partial charge is 0.170 e. The van der Waals surface area contributed by atoms with Crippen LogP contribution in [-0.4, -0.2) is 30.3 Å². The molecule has 5 nitrogen and oxygen atoms in total. The van der Waals surface area contributed by atoms with Crippen LogP contribution in [0.4, 0.5) is 0 Å². The predicted octanol–water partition coefficient (Wildman–Crippen LogP) is 3.95. The first-order valence-electron chi connectivity index (χ1n) is 7.65. The molecule has 0 saturated heterocycles. The number of nitrogens with zero attached hydrogens (tertiary/aromatic N) is 2. The highest BCUT2D eigenvalue weighted by Gasteiger charge is 2.13. The lowest BCUT2D eigenvalue weighted by molar-refractivity contribution is 0.111. The summed E-state index contributed by atoms with van der Waals surface area (Å²) < 4.78 is 12.0. The summed E-state index contributed by atoms with van der Waals surface area (Å²) in [5.41, 5.74) is 2.98. The molecule has 0 amide bonds. The average molecular weight is 357 g/mol. The first-order valence-corrected chi connectivity index (χ1v) is 8.03. The third-order valence-corrected chi connectivity index (χ3v) is 4.15. The molecule has 0 aliphatic rings. The van der Waals surface area contributed by atoms with Crippen LogP contribution in [0.1, 0.15) is 21.7 Å². The molecule has 1 aromatic heterocycles. The highest BCUT2D eigenvalue weighted by atomic mass is 35.5. The highest BCUT2D eigenvalue weighted by Crippen LogP contribution is 2.27. The van der Waals surface area contributed by atoms with Crippen molar-refractivity contribution in [1.29, 1.82) is 0 Å². The van der Waals surface area contributed by atoms with Crippen molar-refractivity contribution >= 4 is 17.9 Å². The molecule has 0 saturated carbocycles. The van der Waals surface area contributed by atoms with Crippen LogP contribution in [0.25, 0.3) is 5.69 Å². The van der Waals surface area contributed by atoms with Crippen molar-refractivity contribution in [3.05, 3.63) is 70.5 Å². The standard InChI is InChI=1S/C19H17ClN2O3/c1-24-16-5-3-13(4-6-16)9-15-10-14(12-23)21-22(15)19-8-7-17(25-2)11-18(19)20/h3-8,10-12H,9H2,1-2H3. The molecule has 2 aromatic carbocycles. The number of aromatic nitrogens is 2. The number of hydrogen-bond acceptors (Lipinski definition) is 4. The van der Waals surface area contributed by atoms with E-state index in [9.17, 15) is 4.79 Å². The van der Waals surface area contributed by atoms with Crippen LogP contribution in [0.15, 0.2) is 48.5 Å². The number of aldehydes is 1. The van der Waals surface area contributed by atoms with Crippen LogP contribution in [0.2, 0.25) is 5.02 Å². The maximum atomic E-state index is 11.2. The predicted molar refractivity (Wildman–Crippen MR) is 96.3 cm³/mol. The van der Waals surface area contributed by atoms with E-state index in [0.29, 0.717) is 28.6 Å². The molecule has 0 aliphatic carbocycles. The van der Waals surface area contributed by atoms with Gasteiger partial charge in [-0.15, -0.1) is 0 Å². The molecule has 0 aliphatic heterocycles. The topological polar surface area (TPSA) is 53.3 Å². The molecule has 6 heteroatoms. The molecule has 0 fully saturated rings. The van der Waals surface area contributed by atoms with E-state index in [2.05, 4.69) is 5.10 Å². The van der Waals surface area contributed by atoms with Crippen LogP contribution in [0.5, 0.6) is 11.5 Å². The van der Waals surface area contributed by atoms with E-state index in [4.69, 9.17) is 21.1 Å². The zero-order valence-corrected chi connectivity index (χ0v) is 14.7. The lowest BCUT2D eigenvalue weighted by atomic mass is 10.1. The van der Waals surface area contributed by atoms with Gasteiger partial charge in [0.05, 0.1) is 24.9 Å². The van der Waals surface area contributed by atoms with Gasteiger partial charge in [0.2, 0.25) is 0 Å². The Bertz CT molecular complexity index is 888. The summed E-state index contributed by atoms with van der Waals surface area (Å²) in [5, 5.41) is 4.84. The fourth-order valence-corrected chi connectivity index (χ4v) is 2.82. The van der Waals surface area contributed by atoms with Gasteiger partial charge >= 0.3 is 0 Å². The van der Waals surface area contributed by atoms with Gasteiger partial charge in [0.15, 0.2) is 6.29 Å². The summed E-state index contributed by atoms with van der Waals surface area (Å²) in [5.74, 6) is 1.46. The zero-order valence-electron chi connectivity index (χ0n) is 13.9. The second-order valence-corrected chi connectivity index (χ2v) is 5.84. The Labute approximate surface area is 150 Å². The summed E-state index contributed by atoms with van der Waals surface area (Å²) in [6, 6.07) is 14.9. The first kappa shape index (κ1) is 17.0. The van der Waals surface area contributed by atoms with Gasteiger partial charge in [0.25, 0.3) is 0 Å². The lowest BCUT2D eigenvalue weighted by Crippen LogP contribution is -2.04. The minimum atomic E-state index is 0.357. The number of ether oxygens (including phenoxy) is 2. The molecule has 3 rings (SSSR count). The Kier molecular flexibility index (Phi) is 5.05. The van der Waals surface area contributed by atoms with E-state index in [-0.39, 0.29) is 0 Å².